The molecule has 6 nitrogen and oxygen atoms in total. The highest BCUT2D eigenvalue weighted by atomic mass is 16.3. The van der Waals surface area contributed by atoms with Crippen molar-refractivity contribution < 1.29 is 8.83 Å². The molecule has 0 aliphatic carbocycles. The van der Waals surface area contributed by atoms with Crippen LogP contribution in [-0.2, 0) is 0 Å². The molecule has 0 bridgehead atoms. The number of benzene rings is 19. The SMILES string of the molecule is c1ccc(N(c2ccc(-c3ccc(-c4ccc5ccccc5c4)cc3)cc2)c2ccc(-n3c4ccccc4c4c(-c5ccc(-c6ccc7oc8ccccc8c7c6)c(N(c6ccc(-c7ccc8ccccc8c7)cc6)c6ccc(-n7c8ccccc8c8ccccc87)cc6)c5)cccc43)cc2)c(-c2ccc3oc4ccccc4c3c2)c1. The molecule has 0 spiro atoms. The Morgan fingerprint density at radius 1 is 0.181 bits per heavy atom. The topological polar surface area (TPSA) is 42.6 Å². The van der Waals surface area contributed by atoms with Crippen molar-refractivity contribution in [3.8, 4) is 78.1 Å². The Kier molecular flexibility index (Phi) is 15.5. The van der Waals surface area contributed by atoms with Crippen molar-refractivity contribution in [3.05, 3.63) is 425 Å². The van der Waals surface area contributed by atoms with Crippen molar-refractivity contribution >= 4 is 143 Å². The predicted molar refractivity (Wildman–Crippen MR) is 487 cm³/mol. The molecule has 19 aromatic carbocycles. The van der Waals surface area contributed by atoms with E-state index in [4.69, 9.17) is 8.83 Å². The van der Waals surface area contributed by atoms with Gasteiger partial charge in [0.25, 0.3) is 0 Å². The van der Waals surface area contributed by atoms with E-state index in [1.807, 2.05) is 18.2 Å². The molecule has 0 N–H and O–H groups in total. The molecule has 4 heterocycles. The van der Waals surface area contributed by atoms with Crippen LogP contribution in [-0.4, -0.2) is 9.13 Å². The van der Waals surface area contributed by atoms with Gasteiger partial charge in [0.2, 0.25) is 0 Å². The fraction of sp³-hybridized carbons (Fsp3) is 0. The number of hydrogen-bond acceptors (Lipinski definition) is 4. The number of hydrogen-bond donors (Lipinski definition) is 0. The first-order valence-corrected chi connectivity index (χ1v) is 39.7. The Balaban J connectivity index is 0.667. The second kappa shape index (κ2) is 27.2. The summed E-state index contributed by atoms with van der Waals surface area (Å²) in [7, 11) is 0. The highest BCUT2D eigenvalue weighted by Gasteiger charge is 2.26. The summed E-state index contributed by atoms with van der Waals surface area (Å²) in [6.45, 7) is 0. The van der Waals surface area contributed by atoms with Gasteiger partial charge in [-0.3, -0.25) is 0 Å². The third kappa shape index (κ3) is 11.2. The van der Waals surface area contributed by atoms with Crippen LogP contribution in [0.1, 0.15) is 0 Å². The van der Waals surface area contributed by atoms with E-state index in [1.165, 1.54) is 65.4 Å². The minimum absolute atomic E-state index is 0.852. The van der Waals surface area contributed by atoms with Crippen LogP contribution >= 0.6 is 0 Å². The van der Waals surface area contributed by atoms with E-state index in [1.54, 1.807) is 0 Å². The Morgan fingerprint density at radius 2 is 0.517 bits per heavy atom. The van der Waals surface area contributed by atoms with E-state index in [-0.39, 0.29) is 0 Å². The third-order valence-electron chi connectivity index (χ3n) is 23.7. The maximum atomic E-state index is 6.52. The number of furan rings is 2. The lowest BCUT2D eigenvalue weighted by Crippen LogP contribution is -2.12. The smallest absolute Gasteiger partial charge is 0.135 e. The van der Waals surface area contributed by atoms with Gasteiger partial charge in [0, 0.05) is 88.3 Å². The number of para-hydroxylation sites is 6. The fourth-order valence-electron chi connectivity index (χ4n) is 18.1. The Morgan fingerprint density at radius 3 is 1.04 bits per heavy atom. The zero-order valence-corrected chi connectivity index (χ0v) is 63.0. The molecule has 23 rings (SSSR count). The zero-order chi connectivity index (χ0) is 76.3. The molecule has 116 heavy (non-hydrogen) atoms. The molecule has 6 heteroatoms. The fourth-order valence-corrected chi connectivity index (χ4v) is 18.1. The quantitative estimate of drug-likeness (QED) is 0.109. The highest BCUT2D eigenvalue weighted by Crippen LogP contribution is 2.50. The third-order valence-corrected chi connectivity index (χ3v) is 23.7. The summed E-state index contributed by atoms with van der Waals surface area (Å²) in [5.41, 5.74) is 29.9. The van der Waals surface area contributed by atoms with Gasteiger partial charge in [-0.15, -0.1) is 0 Å². The van der Waals surface area contributed by atoms with E-state index in [0.717, 1.165) is 156 Å². The van der Waals surface area contributed by atoms with Gasteiger partial charge in [0.15, 0.2) is 0 Å². The van der Waals surface area contributed by atoms with Crippen molar-refractivity contribution in [2.75, 3.05) is 9.80 Å². The van der Waals surface area contributed by atoms with Crippen LogP contribution in [0.25, 0.3) is 187 Å². The zero-order valence-electron chi connectivity index (χ0n) is 63.0. The molecule has 0 radical (unpaired) electrons. The lowest BCUT2D eigenvalue weighted by atomic mass is 9.93. The number of aromatic nitrogens is 2. The van der Waals surface area contributed by atoms with Gasteiger partial charge < -0.3 is 27.8 Å². The Hall–Kier alpha value is -15.5. The predicted octanol–water partition coefficient (Wildman–Crippen LogP) is 30.9. The van der Waals surface area contributed by atoms with Crippen molar-refractivity contribution in [1.82, 2.24) is 9.13 Å². The standard InChI is InChI=1S/C110H70N4O2/c1-3-20-77-66-79(42-40-71(77)18-1)75-38-36-73(37-39-75)74-44-51-84(52-45-74)111(100-29-11-5-22-90(100)81-49-64-108-98(68-81)95-25-9-15-34-106(95)115-108)86-55-61-89(62-56-86)114-103-32-14-8-27-97(103)110-92(28-17-33-104(110)114)83-48-63-91(82-50-65-109-99(69-82)96-26-10-16-35-107(96)116-109)105(70-83)112(85-53-46-76(47-54-85)80-43-41-72-19-2-4-21-78(72)67-80)87-57-59-88(60-58-87)113-101-30-12-6-23-93(101)94-24-7-13-31-102(94)113/h1-70H. The molecule has 0 fully saturated rings. The average Bonchev–Trinajstić information content (AvgIpc) is 1.54. The summed E-state index contributed by atoms with van der Waals surface area (Å²) in [6.07, 6.45) is 0. The van der Waals surface area contributed by atoms with E-state index in [9.17, 15) is 0 Å². The molecule has 0 saturated heterocycles. The van der Waals surface area contributed by atoms with Gasteiger partial charge in [-0.2, -0.15) is 0 Å². The monoisotopic (exact) mass is 1480 g/mol. The van der Waals surface area contributed by atoms with E-state index in [0.29, 0.717) is 0 Å². The lowest BCUT2D eigenvalue weighted by Gasteiger charge is -2.29. The normalized spacial score (nSPS) is 11.8. The van der Waals surface area contributed by atoms with Gasteiger partial charge in [-0.25, -0.2) is 0 Å². The maximum Gasteiger partial charge on any atom is 0.135 e. The Bertz CT molecular complexity index is 7760. The van der Waals surface area contributed by atoms with Crippen molar-refractivity contribution in [2.45, 2.75) is 0 Å². The first-order chi connectivity index (χ1) is 57.5. The van der Waals surface area contributed by atoms with Crippen molar-refractivity contribution in [2.24, 2.45) is 0 Å². The lowest BCUT2D eigenvalue weighted by molar-refractivity contribution is 0.668. The van der Waals surface area contributed by atoms with Gasteiger partial charge in [0.1, 0.15) is 22.3 Å². The molecule has 23 aromatic rings. The van der Waals surface area contributed by atoms with Crippen LogP contribution in [0.2, 0.25) is 0 Å². The van der Waals surface area contributed by atoms with Crippen LogP contribution in [0.5, 0.6) is 0 Å². The van der Waals surface area contributed by atoms with Gasteiger partial charge in [-0.1, -0.05) is 267 Å². The number of nitrogens with zero attached hydrogens (tertiary/aromatic N) is 4. The minimum Gasteiger partial charge on any atom is -0.456 e. The molecule has 0 unspecified atom stereocenters. The summed E-state index contributed by atoms with van der Waals surface area (Å²) in [4.78, 5) is 4.87. The number of anilines is 6. The second-order valence-corrected chi connectivity index (χ2v) is 30.3. The molecule has 0 saturated carbocycles. The molecule has 0 aliphatic rings. The van der Waals surface area contributed by atoms with Crippen LogP contribution in [0.15, 0.2) is 433 Å². The summed E-state index contributed by atoms with van der Waals surface area (Å²) in [5.74, 6) is 0. The molecule has 4 aromatic heterocycles. The molecule has 542 valence electrons. The Labute approximate surface area is 669 Å². The summed E-state index contributed by atoms with van der Waals surface area (Å²) >= 11 is 0. The summed E-state index contributed by atoms with van der Waals surface area (Å²) in [6, 6.07) is 155. The maximum absolute atomic E-state index is 6.52. The van der Waals surface area contributed by atoms with Gasteiger partial charge >= 0.3 is 0 Å². The van der Waals surface area contributed by atoms with Gasteiger partial charge in [-0.05, 0) is 235 Å². The average molecular weight is 1480 g/mol. The van der Waals surface area contributed by atoms with Crippen molar-refractivity contribution in [3.63, 3.8) is 0 Å². The summed E-state index contributed by atoms with van der Waals surface area (Å²) in [5, 5.41) is 14.0. The minimum atomic E-state index is 0.852. The molecular weight excluding hydrogens is 1410 g/mol. The van der Waals surface area contributed by atoms with Crippen LogP contribution in [0, 0.1) is 0 Å². The number of rotatable bonds is 14. The van der Waals surface area contributed by atoms with Crippen LogP contribution < -0.4 is 9.80 Å². The number of fused-ring (bicyclic) bond motifs is 14. The second-order valence-electron chi connectivity index (χ2n) is 30.3. The van der Waals surface area contributed by atoms with E-state index in [2.05, 4.69) is 425 Å². The van der Waals surface area contributed by atoms with Gasteiger partial charge in [0.05, 0.1) is 33.4 Å². The first-order valence-electron chi connectivity index (χ1n) is 39.7. The molecule has 0 amide bonds. The first kappa shape index (κ1) is 66.3. The highest BCUT2D eigenvalue weighted by molar-refractivity contribution is 6.17. The van der Waals surface area contributed by atoms with E-state index >= 15 is 0 Å². The van der Waals surface area contributed by atoms with E-state index < -0.39 is 0 Å². The van der Waals surface area contributed by atoms with Crippen molar-refractivity contribution in [1.29, 1.82) is 0 Å². The van der Waals surface area contributed by atoms with Crippen LogP contribution in [0.3, 0.4) is 0 Å². The largest absolute Gasteiger partial charge is 0.456 e. The van der Waals surface area contributed by atoms with Crippen LogP contribution in [0.4, 0.5) is 34.1 Å². The molecule has 0 atom stereocenters. The molecule has 0 aliphatic heterocycles. The summed E-state index contributed by atoms with van der Waals surface area (Å²) < 4.78 is 17.8. The molecular formula is C110H70N4O2.